The molecule has 122 valence electrons. The molecule has 23 heavy (non-hydrogen) atoms. The SMILES string of the molecule is N#C[C@H]1[C@H](c2ccccc2)[C@@H](CO)N1C(=O)CN1CCOCC1. The number of benzene rings is 1. The number of carbonyl (C=O) groups is 1. The van der Waals surface area contributed by atoms with Crippen molar-refractivity contribution < 1.29 is 14.6 Å². The summed E-state index contributed by atoms with van der Waals surface area (Å²) in [6.45, 7) is 2.85. The van der Waals surface area contributed by atoms with E-state index in [0.29, 0.717) is 13.2 Å². The number of ether oxygens (including phenoxy) is 1. The maximum absolute atomic E-state index is 12.6. The van der Waals surface area contributed by atoms with Gasteiger partial charge in [0.05, 0.1) is 38.5 Å². The third kappa shape index (κ3) is 3.08. The zero-order valence-electron chi connectivity index (χ0n) is 13.0. The highest BCUT2D eigenvalue weighted by molar-refractivity contribution is 5.81. The first-order chi connectivity index (χ1) is 11.3. The Bertz CT molecular complexity index is 580. The lowest BCUT2D eigenvalue weighted by molar-refractivity contribution is -0.149. The molecule has 0 aliphatic carbocycles. The van der Waals surface area contributed by atoms with Crippen LogP contribution < -0.4 is 0 Å². The number of aliphatic hydroxyl groups excluding tert-OH is 1. The summed E-state index contributed by atoms with van der Waals surface area (Å²) in [6.07, 6.45) is 0. The van der Waals surface area contributed by atoms with Crippen molar-refractivity contribution >= 4 is 5.91 Å². The number of morpholine rings is 1. The van der Waals surface area contributed by atoms with Gasteiger partial charge in [-0.05, 0) is 5.56 Å². The number of nitriles is 1. The molecular formula is C17H21N3O3. The molecule has 2 aliphatic rings. The fraction of sp³-hybridized carbons (Fsp3) is 0.529. The van der Waals surface area contributed by atoms with Crippen LogP contribution in [0.1, 0.15) is 11.5 Å². The molecular weight excluding hydrogens is 294 g/mol. The normalized spacial score (nSPS) is 28.0. The standard InChI is InChI=1S/C17H21N3O3/c18-10-14-17(13-4-2-1-3-5-13)15(12-21)20(14)16(22)11-19-6-8-23-9-7-19/h1-5,14-15,17,21H,6-9,11-12H2/t14-,15+,17-/m0/s1. The zero-order valence-corrected chi connectivity index (χ0v) is 13.0. The van der Waals surface area contributed by atoms with Gasteiger partial charge in [0, 0.05) is 19.0 Å². The van der Waals surface area contributed by atoms with Crippen molar-refractivity contribution in [2.45, 2.75) is 18.0 Å². The number of nitrogens with zero attached hydrogens (tertiary/aromatic N) is 3. The predicted molar refractivity (Wildman–Crippen MR) is 83.6 cm³/mol. The largest absolute Gasteiger partial charge is 0.394 e. The molecule has 0 radical (unpaired) electrons. The van der Waals surface area contributed by atoms with Crippen molar-refractivity contribution in [2.24, 2.45) is 0 Å². The second-order valence-electron chi connectivity index (χ2n) is 5.95. The lowest BCUT2D eigenvalue weighted by Crippen LogP contribution is -2.66. The highest BCUT2D eigenvalue weighted by Gasteiger charge is 2.51. The first-order valence-corrected chi connectivity index (χ1v) is 7.93. The van der Waals surface area contributed by atoms with Crippen molar-refractivity contribution in [3.05, 3.63) is 35.9 Å². The van der Waals surface area contributed by atoms with Gasteiger partial charge in [-0.15, -0.1) is 0 Å². The van der Waals surface area contributed by atoms with Crippen molar-refractivity contribution in [1.29, 1.82) is 5.26 Å². The van der Waals surface area contributed by atoms with Crippen molar-refractivity contribution in [2.75, 3.05) is 39.5 Å². The number of carbonyl (C=O) groups excluding carboxylic acids is 1. The highest BCUT2D eigenvalue weighted by Crippen LogP contribution is 2.40. The molecule has 1 aromatic carbocycles. The van der Waals surface area contributed by atoms with Crippen LogP contribution in [0.15, 0.2) is 30.3 Å². The molecule has 2 aliphatic heterocycles. The van der Waals surface area contributed by atoms with Crippen LogP contribution in [-0.4, -0.2) is 72.4 Å². The van der Waals surface area contributed by atoms with Gasteiger partial charge in [0.2, 0.25) is 5.91 Å². The molecule has 3 atom stereocenters. The minimum absolute atomic E-state index is 0.0929. The molecule has 0 unspecified atom stereocenters. The van der Waals surface area contributed by atoms with Crippen LogP contribution >= 0.6 is 0 Å². The van der Waals surface area contributed by atoms with Crippen LogP contribution in [0.3, 0.4) is 0 Å². The topological polar surface area (TPSA) is 76.8 Å². The summed E-state index contributed by atoms with van der Waals surface area (Å²) in [5, 5.41) is 19.2. The summed E-state index contributed by atoms with van der Waals surface area (Å²) in [7, 11) is 0. The smallest absolute Gasteiger partial charge is 0.238 e. The number of hydrogen-bond donors (Lipinski definition) is 1. The summed E-state index contributed by atoms with van der Waals surface area (Å²) in [4.78, 5) is 16.2. The van der Waals surface area contributed by atoms with Crippen LogP contribution in [0.5, 0.6) is 0 Å². The van der Waals surface area contributed by atoms with Crippen LogP contribution in [0.25, 0.3) is 0 Å². The molecule has 0 bridgehead atoms. The van der Waals surface area contributed by atoms with E-state index in [9.17, 15) is 15.2 Å². The maximum Gasteiger partial charge on any atom is 0.238 e. The summed E-state index contributed by atoms with van der Waals surface area (Å²) < 4.78 is 5.28. The number of rotatable bonds is 4. The summed E-state index contributed by atoms with van der Waals surface area (Å²) >= 11 is 0. The Morgan fingerprint density at radius 1 is 1.30 bits per heavy atom. The molecule has 0 aromatic heterocycles. The molecule has 0 saturated carbocycles. The average Bonchev–Trinajstić information content (AvgIpc) is 2.56. The van der Waals surface area contributed by atoms with Crippen molar-refractivity contribution in [3.8, 4) is 6.07 Å². The fourth-order valence-electron chi connectivity index (χ4n) is 3.46. The van der Waals surface area contributed by atoms with E-state index in [0.717, 1.165) is 18.7 Å². The van der Waals surface area contributed by atoms with E-state index in [1.165, 1.54) is 0 Å². The molecule has 1 aromatic rings. The third-order valence-corrected chi connectivity index (χ3v) is 4.67. The Morgan fingerprint density at radius 2 is 2.00 bits per heavy atom. The molecule has 2 saturated heterocycles. The second-order valence-corrected chi connectivity index (χ2v) is 5.95. The number of hydrogen-bond acceptors (Lipinski definition) is 5. The van der Waals surface area contributed by atoms with Gasteiger partial charge in [-0.1, -0.05) is 30.3 Å². The fourth-order valence-corrected chi connectivity index (χ4v) is 3.46. The molecule has 6 heteroatoms. The minimum atomic E-state index is -0.511. The maximum atomic E-state index is 12.6. The van der Waals surface area contributed by atoms with E-state index >= 15 is 0 Å². The Balaban J connectivity index is 1.71. The second kappa shape index (κ2) is 7.09. The Labute approximate surface area is 135 Å². The number of amides is 1. The quantitative estimate of drug-likeness (QED) is 0.859. The predicted octanol–water partition coefficient (Wildman–Crippen LogP) is 0.198. The third-order valence-electron chi connectivity index (χ3n) is 4.67. The van der Waals surface area contributed by atoms with Gasteiger partial charge in [-0.25, -0.2) is 0 Å². The van der Waals surface area contributed by atoms with Crippen LogP contribution in [0.4, 0.5) is 0 Å². The lowest BCUT2D eigenvalue weighted by Gasteiger charge is -2.52. The Kier molecular flexibility index (Phi) is 4.91. The first-order valence-electron chi connectivity index (χ1n) is 7.93. The highest BCUT2D eigenvalue weighted by atomic mass is 16.5. The Morgan fingerprint density at radius 3 is 2.61 bits per heavy atom. The van der Waals surface area contributed by atoms with Crippen molar-refractivity contribution in [3.63, 3.8) is 0 Å². The molecule has 1 amide bonds. The molecule has 3 rings (SSSR count). The average molecular weight is 315 g/mol. The van der Waals surface area contributed by atoms with E-state index < -0.39 is 6.04 Å². The lowest BCUT2D eigenvalue weighted by atomic mass is 9.75. The van der Waals surface area contributed by atoms with E-state index in [4.69, 9.17) is 4.74 Å². The van der Waals surface area contributed by atoms with Crippen LogP contribution in [0, 0.1) is 11.3 Å². The molecule has 6 nitrogen and oxygen atoms in total. The minimum Gasteiger partial charge on any atom is -0.394 e. The van der Waals surface area contributed by atoms with E-state index in [1.807, 2.05) is 35.2 Å². The molecule has 1 N–H and O–H groups in total. The number of aliphatic hydroxyl groups is 1. The monoisotopic (exact) mass is 315 g/mol. The van der Waals surface area contributed by atoms with Crippen LogP contribution in [-0.2, 0) is 9.53 Å². The van der Waals surface area contributed by atoms with Gasteiger partial charge in [0.1, 0.15) is 6.04 Å². The summed E-state index contributed by atoms with van der Waals surface area (Å²) in [6, 6.07) is 11.0. The van der Waals surface area contributed by atoms with Gasteiger partial charge >= 0.3 is 0 Å². The zero-order chi connectivity index (χ0) is 16.2. The summed E-state index contributed by atoms with van der Waals surface area (Å²) in [5.74, 6) is -0.218. The van der Waals surface area contributed by atoms with Gasteiger partial charge < -0.3 is 14.7 Å². The number of likely N-dealkylation sites (tertiary alicyclic amines) is 1. The van der Waals surface area contributed by atoms with Gasteiger partial charge in [-0.2, -0.15) is 5.26 Å². The molecule has 2 heterocycles. The molecule has 0 spiro atoms. The van der Waals surface area contributed by atoms with Gasteiger partial charge in [-0.3, -0.25) is 9.69 Å². The van der Waals surface area contributed by atoms with Gasteiger partial charge in [0.15, 0.2) is 0 Å². The van der Waals surface area contributed by atoms with E-state index in [-0.39, 0.29) is 31.0 Å². The van der Waals surface area contributed by atoms with Gasteiger partial charge in [0.25, 0.3) is 0 Å². The summed E-state index contributed by atoms with van der Waals surface area (Å²) in [5.41, 5.74) is 0.994. The Hall–Kier alpha value is -1.94. The van der Waals surface area contributed by atoms with E-state index in [1.54, 1.807) is 4.90 Å². The van der Waals surface area contributed by atoms with Crippen LogP contribution in [0.2, 0.25) is 0 Å². The first kappa shape index (κ1) is 15.9. The van der Waals surface area contributed by atoms with E-state index in [2.05, 4.69) is 6.07 Å². The molecule has 2 fully saturated rings. The van der Waals surface area contributed by atoms with Crippen molar-refractivity contribution in [1.82, 2.24) is 9.80 Å².